The van der Waals surface area contributed by atoms with E-state index in [0.717, 1.165) is 4.34 Å². The number of carbonyl (C=O) groups excluding carboxylic acids is 1. The summed E-state index contributed by atoms with van der Waals surface area (Å²) in [6.45, 7) is 0. The molecule has 0 aliphatic heterocycles. The van der Waals surface area contributed by atoms with E-state index >= 15 is 0 Å². The zero-order valence-electron chi connectivity index (χ0n) is 4.53. The number of thioether (sulfide) groups is 1. The van der Waals surface area contributed by atoms with E-state index < -0.39 is 0 Å². The molecule has 1 rings (SSSR count). The molecule has 4 heteroatoms. The molecule has 9 heavy (non-hydrogen) atoms. The first-order chi connectivity index (χ1) is 4.43. The first-order valence-electron chi connectivity index (χ1n) is 2.31. The number of aromatic nitrogens is 1. The van der Waals surface area contributed by atoms with E-state index in [1.54, 1.807) is 12.5 Å². The summed E-state index contributed by atoms with van der Waals surface area (Å²) < 4.78 is 0.929. The minimum Gasteiger partial charge on any atom is -0.290 e. The molecule has 0 fully saturated rings. The molecule has 0 spiro atoms. The molecule has 0 aliphatic carbocycles. The topological polar surface area (TPSA) is 30.0 Å². The molecule has 0 aliphatic rings. The van der Waals surface area contributed by atoms with Crippen molar-refractivity contribution in [1.29, 1.82) is 0 Å². The van der Waals surface area contributed by atoms with Gasteiger partial charge in [0.15, 0.2) is 0 Å². The lowest BCUT2D eigenvalue weighted by molar-refractivity contribution is 0.560. The second kappa shape index (κ2) is 3.63. The summed E-state index contributed by atoms with van der Waals surface area (Å²) in [4.78, 5) is 13.7. The van der Waals surface area contributed by atoms with Gasteiger partial charge in [-0.2, -0.15) is 0 Å². The highest BCUT2D eigenvalue weighted by Gasteiger charge is 1.92. The largest absolute Gasteiger partial charge is 0.290 e. The number of hydrogen-bond acceptors (Lipinski definition) is 4. The maximum atomic E-state index is 9.73. The lowest BCUT2D eigenvalue weighted by atomic mass is 10.9. The van der Waals surface area contributed by atoms with Crippen molar-refractivity contribution in [2.24, 2.45) is 0 Å². The third-order valence-corrected chi connectivity index (χ3v) is 2.49. The van der Waals surface area contributed by atoms with Gasteiger partial charge in [-0.3, -0.25) is 4.79 Å². The van der Waals surface area contributed by atoms with Crippen LogP contribution in [-0.4, -0.2) is 17.0 Å². The van der Waals surface area contributed by atoms with Crippen molar-refractivity contribution in [3.05, 3.63) is 11.6 Å². The van der Waals surface area contributed by atoms with Gasteiger partial charge >= 0.3 is 0 Å². The summed E-state index contributed by atoms with van der Waals surface area (Å²) in [6.07, 6.45) is 3.51. The monoisotopic (exact) mass is 158 g/mol. The molecule has 2 nitrogen and oxygen atoms in total. The van der Waals surface area contributed by atoms with Crippen LogP contribution < -0.4 is 0 Å². The van der Waals surface area contributed by atoms with Crippen LogP contribution in [0.3, 0.4) is 0 Å². The fourth-order valence-electron chi connectivity index (χ4n) is 0.373. The van der Waals surface area contributed by atoms with Crippen LogP contribution in [-0.2, 0) is 4.79 Å². The van der Waals surface area contributed by atoms with E-state index in [-0.39, 0.29) is 0 Å². The number of rotatable bonds is 3. The van der Waals surface area contributed by atoms with Crippen molar-refractivity contribution in [2.45, 2.75) is 4.34 Å². The van der Waals surface area contributed by atoms with Gasteiger partial charge in [0.1, 0.15) is 4.34 Å². The Morgan fingerprint density at radius 3 is 3.33 bits per heavy atom. The molecule has 47 valence electrons. The molecule has 1 heterocycles. The first-order valence-corrected chi connectivity index (χ1v) is 4.17. The van der Waals surface area contributed by atoms with Crippen LogP contribution in [0.5, 0.6) is 0 Å². The standard InChI is InChI=1S/C5H4NOS2/c7-2-4-9-5-6-1-3-8-5/h1,3H,4H2. The highest BCUT2D eigenvalue weighted by Crippen LogP contribution is 2.18. The highest BCUT2D eigenvalue weighted by molar-refractivity contribution is 8.01. The zero-order valence-corrected chi connectivity index (χ0v) is 6.17. The normalized spacial score (nSPS) is 9.33. The summed E-state index contributed by atoms with van der Waals surface area (Å²) in [5, 5.41) is 1.88. The first kappa shape index (κ1) is 6.77. The maximum absolute atomic E-state index is 9.73. The molecule has 0 atom stereocenters. The van der Waals surface area contributed by atoms with Gasteiger partial charge in [-0.1, -0.05) is 11.8 Å². The Kier molecular flexibility index (Phi) is 2.73. The highest BCUT2D eigenvalue weighted by atomic mass is 32.2. The number of thiazole rings is 1. The average Bonchev–Trinajstić information content (AvgIpc) is 2.34. The zero-order chi connectivity index (χ0) is 6.53. The number of hydrogen-bond donors (Lipinski definition) is 0. The Labute approximate surface area is 61.3 Å². The second-order valence-electron chi connectivity index (χ2n) is 1.23. The molecular formula is C5H4NOS2. The lowest BCUT2D eigenvalue weighted by Crippen LogP contribution is -1.75. The fraction of sp³-hybridized carbons (Fsp3) is 0.200. The Morgan fingerprint density at radius 1 is 1.89 bits per heavy atom. The van der Waals surface area contributed by atoms with Gasteiger partial charge in [0.2, 0.25) is 6.29 Å². The van der Waals surface area contributed by atoms with Crippen molar-refractivity contribution in [1.82, 2.24) is 4.98 Å². The molecule has 0 aromatic carbocycles. The van der Waals surface area contributed by atoms with E-state index in [2.05, 4.69) is 4.98 Å². The van der Waals surface area contributed by atoms with Gasteiger partial charge in [0.05, 0.1) is 5.75 Å². The average molecular weight is 158 g/mol. The summed E-state index contributed by atoms with van der Waals surface area (Å²) in [5.74, 6) is 0.382. The molecule has 1 radical (unpaired) electrons. The van der Waals surface area contributed by atoms with Crippen LogP contribution >= 0.6 is 23.1 Å². The molecule has 1 aromatic heterocycles. The molecule has 0 saturated carbocycles. The molecule has 0 unspecified atom stereocenters. The SMILES string of the molecule is O=[C]CSc1nccs1. The Hall–Kier alpha value is -0.350. The molecule has 0 amide bonds. The smallest absolute Gasteiger partial charge is 0.209 e. The summed E-state index contributed by atoms with van der Waals surface area (Å²) >= 11 is 2.95. The van der Waals surface area contributed by atoms with E-state index in [4.69, 9.17) is 0 Å². The molecular weight excluding hydrogens is 154 g/mol. The van der Waals surface area contributed by atoms with Gasteiger partial charge in [-0.05, 0) is 0 Å². The van der Waals surface area contributed by atoms with Crippen LogP contribution in [0.25, 0.3) is 0 Å². The van der Waals surface area contributed by atoms with Crippen molar-refractivity contribution >= 4 is 29.4 Å². The predicted octanol–water partition coefficient (Wildman–Crippen LogP) is 1.34. The van der Waals surface area contributed by atoms with E-state index in [1.165, 1.54) is 23.1 Å². The van der Waals surface area contributed by atoms with Crippen molar-refractivity contribution < 1.29 is 4.79 Å². The van der Waals surface area contributed by atoms with Crippen molar-refractivity contribution in [3.8, 4) is 0 Å². The maximum Gasteiger partial charge on any atom is 0.209 e. The van der Waals surface area contributed by atoms with Gasteiger partial charge in [-0.15, -0.1) is 11.3 Å². The quantitative estimate of drug-likeness (QED) is 0.622. The number of nitrogens with zero attached hydrogens (tertiary/aromatic N) is 1. The van der Waals surface area contributed by atoms with Crippen LogP contribution in [0.1, 0.15) is 0 Å². The minimum absolute atomic E-state index is 0.382. The Balaban J connectivity index is 2.38. The predicted molar refractivity (Wildman–Crippen MR) is 38.5 cm³/mol. The minimum atomic E-state index is 0.382. The van der Waals surface area contributed by atoms with Gasteiger partial charge in [0.25, 0.3) is 0 Å². The molecule has 0 N–H and O–H groups in total. The fourth-order valence-corrected chi connectivity index (χ4v) is 1.67. The van der Waals surface area contributed by atoms with Gasteiger partial charge in [-0.25, -0.2) is 4.98 Å². The molecule has 1 aromatic rings. The third kappa shape index (κ3) is 2.15. The second-order valence-corrected chi connectivity index (χ2v) is 3.35. The Bertz CT molecular complexity index is 173. The Morgan fingerprint density at radius 2 is 2.78 bits per heavy atom. The van der Waals surface area contributed by atoms with E-state index in [0.29, 0.717) is 5.75 Å². The van der Waals surface area contributed by atoms with Crippen LogP contribution in [0.15, 0.2) is 15.9 Å². The van der Waals surface area contributed by atoms with Crippen molar-refractivity contribution in [2.75, 3.05) is 5.75 Å². The summed E-state index contributed by atoms with van der Waals surface area (Å²) in [7, 11) is 0. The third-order valence-electron chi connectivity index (χ3n) is 0.664. The van der Waals surface area contributed by atoms with Crippen molar-refractivity contribution in [3.63, 3.8) is 0 Å². The van der Waals surface area contributed by atoms with Crippen LogP contribution in [0, 0.1) is 0 Å². The van der Waals surface area contributed by atoms with Crippen LogP contribution in [0.2, 0.25) is 0 Å². The van der Waals surface area contributed by atoms with E-state index in [9.17, 15) is 4.79 Å². The molecule has 0 bridgehead atoms. The van der Waals surface area contributed by atoms with Crippen LogP contribution in [0.4, 0.5) is 0 Å². The summed E-state index contributed by atoms with van der Waals surface area (Å²) in [5.41, 5.74) is 0. The van der Waals surface area contributed by atoms with E-state index in [1.807, 2.05) is 5.38 Å². The van der Waals surface area contributed by atoms with Gasteiger partial charge < -0.3 is 0 Å². The van der Waals surface area contributed by atoms with Gasteiger partial charge in [0, 0.05) is 11.6 Å². The lowest BCUT2D eigenvalue weighted by Gasteiger charge is -1.83. The summed E-state index contributed by atoms with van der Waals surface area (Å²) in [6, 6.07) is 0. The molecule has 0 saturated heterocycles.